The minimum absolute atomic E-state index is 1.10. The van der Waals surface area contributed by atoms with Gasteiger partial charge in [-0.25, -0.2) is 0 Å². The lowest BCUT2D eigenvalue weighted by Crippen LogP contribution is -1.66. The van der Waals surface area contributed by atoms with Crippen molar-refractivity contribution < 1.29 is 0 Å². The summed E-state index contributed by atoms with van der Waals surface area (Å²) in [5.41, 5.74) is 1.10. The van der Waals surface area contributed by atoms with Gasteiger partial charge in [-0.2, -0.15) is 0 Å². The van der Waals surface area contributed by atoms with Crippen molar-refractivity contribution in [3.05, 3.63) is 30.7 Å². The quantitative estimate of drug-likeness (QED) is 0.506. The van der Waals surface area contributed by atoms with Crippen LogP contribution in [-0.2, 0) is 0 Å². The third-order valence-electron chi connectivity index (χ3n) is 1.16. The minimum atomic E-state index is 1.10. The van der Waals surface area contributed by atoms with E-state index in [1.807, 2.05) is 13.0 Å². The van der Waals surface area contributed by atoms with Gasteiger partial charge in [0.1, 0.15) is 0 Å². The van der Waals surface area contributed by atoms with Crippen LogP contribution in [0.4, 0.5) is 0 Å². The van der Waals surface area contributed by atoms with E-state index in [-0.39, 0.29) is 0 Å². The molecule has 0 aromatic rings. The number of unbranched alkanes of at least 4 members (excludes halogenated alkanes) is 1. The van der Waals surface area contributed by atoms with Crippen molar-refractivity contribution in [3.63, 3.8) is 0 Å². The molecule has 0 aliphatic heterocycles. The average Bonchev–Trinajstić information content (AvgIpc) is 1.89. The molecule has 1 radical (unpaired) electrons. The summed E-state index contributed by atoms with van der Waals surface area (Å²) < 4.78 is 0. The van der Waals surface area contributed by atoms with Crippen LogP contribution in [-0.4, -0.2) is 0 Å². The average molecular weight is 123 g/mol. The Labute approximate surface area is 58.3 Å². The van der Waals surface area contributed by atoms with Gasteiger partial charge in [-0.3, -0.25) is 0 Å². The highest BCUT2D eigenvalue weighted by Gasteiger charge is 1.75. The molecule has 0 saturated heterocycles. The smallest absolute Gasteiger partial charge is 0.0242 e. The Bertz CT molecular complexity index is 107. The molecule has 0 bridgehead atoms. The summed E-state index contributed by atoms with van der Waals surface area (Å²) in [5, 5.41) is 0. The maximum Gasteiger partial charge on any atom is -0.0242 e. The van der Waals surface area contributed by atoms with Crippen LogP contribution >= 0.6 is 0 Å². The third kappa shape index (κ3) is 5.35. The molecule has 0 heteroatoms. The fraction of sp³-hybridized carbons (Fsp3) is 0.444. The monoisotopic (exact) mass is 123 g/mol. The lowest BCUT2D eigenvalue weighted by atomic mass is 10.2. The predicted molar refractivity (Wildman–Crippen MR) is 43.2 cm³/mol. The molecule has 0 amide bonds. The van der Waals surface area contributed by atoms with Gasteiger partial charge in [-0.15, -0.1) is 0 Å². The summed E-state index contributed by atoms with van der Waals surface area (Å²) >= 11 is 0. The van der Waals surface area contributed by atoms with Gasteiger partial charge in [0.2, 0.25) is 0 Å². The summed E-state index contributed by atoms with van der Waals surface area (Å²) in [7, 11) is 0. The molecule has 0 saturated carbocycles. The lowest BCUT2D eigenvalue weighted by Gasteiger charge is -1.86. The van der Waals surface area contributed by atoms with Crippen LogP contribution in [0.2, 0.25) is 0 Å². The van der Waals surface area contributed by atoms with Crippen molar-refractivity contribution >= 4 is 0 Å². The maximum atomic E-state index is 3.80. The molecule has 51 valence electrons. The zero-order valence-electron chi connectivity index (χ0n) is 6.35. The van der Waals surface area contributed by atoms with Gasteiger partial charge < -0.3 is 0 Å². The van der Waals surface area contributed by atoms with Gasteiger partial charge in [0.25, 0.3) is 0 Å². The van der Waals surface area contributed by atoms with Crippen molar-refractivity contribution in [2.45, 2.75) is 26.7 Å². The normalized spacial score (nSPS) is 13.0. The molecule has 0 N–H and O–H groups in total. The van der Waals surface area contributed by atoms with Gasteiger partial charge >= 0.3 is 0 Å². The highest BCUT2D eigenvalue weighted by atomic mass is 13.8. The van der Waals surface area contributed by atoms with Gasteiger partial charge in [0.05, 0.1) is 0 Å². The Hall–Kier alpha value is -0.520. The van der Waals surface area contributed by atoms with Gasteiger partial charge in [-0.05, 0) is 20.3 Å². The second kappa shape index (κ2) is 5.61. The second-order valence-electron chi connectivity index (χ2n) is 2.05. The molecule has 0 nitrogen and oxygen atoms in total. The van der Waals surface area contributed by atoms with E-state index in [0.717, 1.165) is 12.0 Å². The molecule has 0 unspecified atom stereocenters. The van der Waals surface area contributed by atoms with E-state index >= 15 is 0 Å². The van der Waals surface area contributed by atoms with Crippen molar-refractivity contribution in [1.82, 2.24) is 0 Å². The van der Waals surface area contributed by atoms with Crippen molar-refractivity contribution in [2.75, 3.05) is 0 Å². The highest BCUT2D eigenvalue weighted by molar-refractivity contribution is 5.20. The predicted octanol–water partition coefficient (Wildman–Crippen LogP) is 3.12. The zero-order chi connectivity index (χ0) is 7.11. The van der Waals surface area contributed by atoms with Crippen LogP contribution in [0.25, 0.3) is 0 Å². The molecule has 9 heavy (non-hydrogen) atoms. The standard InChI is InChI=1S/C9H15/c1-4-6-7-8-9(3)5-2/h5,7-8H,3-4,6H2,1-2H3. The Kier molecular flexibility index (Phi) is 5.29. The molecule has 0 spiro atoms. The fourth-order valence-corrected chi connectivity index (χ4v) is 0.498. The molecule has 0 aliphatic rings. The van der Waals surface area contributed by atoms with E-state index in [9.17, 15) is 0 Å². The summed E-state index contributed by atoms with van der Waals surface area (Å²) in [4.78, 5) is 0. The van der Waals surface area contributed by atoms with Crippen LogP contribution in [0.5, 0.6) is 0 Å². The number of hydrogen-bond donors (Lipinski definition) is 0. The molecule has 0 aromatic heterocycles. The van der Waals surface area contributed by atoms with Gasteiger partial charge in [0.15, 0.2) is 0 Å². The van der Waals surface area contributed by atoms with Crippen molar-refractivity contribution in [1.29, 1.82) is 0 Å². The summed E-state index contributed by atoms with van der Waals surface area (Å²) in [6, 6.07) is 0. The Morgan fingerprint density at radius 2 is 2.22 bits per heavy atom. The molecular formula is C9H15. The molecule has 0 atom stereocenters. The van der Waals surface area contributed by atoms with E-state index in [0.29, 0.717) is 0 Å². The SMILES string of the molecule is [CH2]C(C=CCCC)=CC. The Morgan fingerprint density at radius 1 is 1.56 bits per heavy atom. The van der Waals surface area contributed by atoms with Crippen LogP contribution in [0.3, 0.4) is 0 Å². The van der Waals surface area contributed by atoms with E-state index in [1.165, 1.54) is 6.42 Å². The summed E-state index contributed by atoms with van der Waals surface area (Å²) in [6.07, 6.45) is 8.60. The number of hydrogen-bond acceptors (Lipinski definition) is 0. The first kappa shape index (κ1) is 8.48. The number of allylic oxidation sites excluding steroid dienone is 4. The molecule has 0 aliphatic carbocycles. The topological polar surface area (TPSA) is 0 Å². The van der Waals surface area contributed by atoms with Gasteiger partial charge in [0, 0.05) is 0 Å². The van der Waals surface area contributed by atoms with Crippen molar-refractivity contribution in [3.8, 4) is 0 Å². The van der Waals surface area contributed by atoms with Crippen LogP contribution in [0, 0.1) is 6.92 Å². The second-order valence-corrected chi connectivity index (χ2v) is 2.05. The van der Waals surface area contributed by atoms with E-state index < -0.39 is 0 Å². The molecule has 0 rings (SSSR count). The maximum absolute atomic E-state index is 3.80. The molecule has 0 fully saturated rings. The van der Waals surface area contributed by atoms with Crippen LogP contribution in [0.15, 0.2) is 23.8 Å². The first-order chi connectivity index (χ1) is 4.31. The molecule has 0 heterocycles. The number of rotatable bonds is 3. The molecular weight excluding hydrogens is 108 g/mol. The van der Waals surface area contributed by atoms with E-state index in [2.05, 4.69) is 26.0 Å². The Morgan fingerprint density at radius 3 is 2.67 bits per heavy atom. The largest absolute Gasteiger partial charge is 0.0844 e. The van der Waals surface area contributed by atoms with Crippen LogP contribution in [0.1, 0.15) is 26.7 Å². The van der Waals surface area contributed by atoms with E-state index in [4.69, 9.17) is 0 Å². The Balaban J connectivity index is 3.45. The third-order valence-corrected chi connectivity index (χ3v) is 1.16. The lowest BCUT2D eigenvalue weighted by molar-refractivity contribution is 0.958. The highest BCUT2D eigenvalue weighted by Crippen LogP contribution is 1.95. The first-order valence-corrected chi connectivity index (χ1v) is 3.46. The summed E-state index contributed by atoms with van der Waals surface area (Å²) in [5.74, 6) is 0. The van der Waals surface area contributed by atoms with E-state index in [1.54, 1.807) is 0 Å². The summed E-state index contributed by atoms with van der Waals surface area (Å²) in [6.45, 7) is 7.97. The molecule has 0 aromatic carbocycles. The fourth-order valence-electron chi connectivity index (χ4n) is 0.498. The minimum Gasteiger partial charge on any atom is -0.0844 e. The first-order valence-electron chi connectivity index (χ1n) is 3.46. The van der Waals surface area contributed by atoms with Crippen molar-refractivity contribution in [2.24, 2.45) is 0 Å². The van der Waals surface area contributed by atoms with Crippen LogP contribution < -0.4 is 0 Å². The zero-order valence-corrected chi connectivity index (χ0v) is 6.35. The van der Waals surface area contributed by atoms with Gasteiger partial charge in [-0.1, -0.05) is 37.1 Å².